The molecule has 0 amide bonds. The van der Waals surface area contributed by atoms with E-state index in [-0.39, 0.29) is 27.2 Å². The molecule has 600 valence electrons. The van der Waals surface area contributed by atoms with Gasteiger partial charge < -0.3 is 57.5 Å². The molecule has 0 aromatic heterocycles. The largest absolute Gasteiger partial charge is 0.457 e. The summed E-state index contributed by atoms with van der Waals surface area (Å²) in [6.45, 7) is 10.4. The van der Waals surface area contributed by atoms with E-state index in [0.29, 0.717) is 69.1 Å². The van der Waals surface area contributed by atoms with Gasteiger partial charge in [-0.25, -0.2) is 0 Å². The van der Waals surface area contributed by atoms with Crippen molar-refractivity contribution in [3.05, 3.63) is 89.0 Å². The van der Waals surface area contributed by atoms with Gasteiger partial charge in [0.2, 0.25) is 27.2 Å². The first-order valence-electron chi connectivity index (χ1n) is 42.1. The monoisotopic (exact) mass is 1630 g/mol. The Morgan fingerprint density at radius 3 is 0.509 bits per heavy atom. The van der Waals surface area contributed by atoms with Crippen LogP contribution in [0.2, 0.25) is 0 Å². The van der Waals surface area contributed by atoms with Crippen LogP contribution in [0.3, 0.4) is 0 Å². The third-order valence-corrected chi connectivity index (χ3v) is 26.0. The molecule has 108 heavy (non-hydrogen) atoms. The first-order chi connectivity index (χ1) is 52.5. The summed E-state index contributed by atoms with van der Waals surface area (Å²) in [5.41, 5.74) is 18.0. The van der Waals surface area contributed by atoms with Crippen LogP contribution in [-0.4, -0.2) is 92.2 Å². The van der Waals surface area contributed by atoms with Crippen molar-refractivity contribution in [1.82, 2.24) is 19.6 Å². The Bertz CT molecular complexity index is 3040. The van der Waals surface area contributed by atoms with Crippen molar-refractivity contribution in [2.24, 2.45) is 0 Å². The van der Waals surface area contributed by atoms with E-state index >= 15 is 0 Å². The topological polar surface area (TPSA) is 86.8 Å². The molecule has 0 unspecified atom stereocenters. The smallest absolute Gasteiger partial charge is 0.230 e. The maximum atomic E-state index is 7.41. The number of hydrogen-bond acceptors (Lipinski definition) is 12. The fraction of sp³-hybridized carbons (Fsp3) is 0.682. The number of thiocarbonyl (C=S) groups is 4. The van der Waals surface area contributed by atoms with Gasteiger partial charge in [-0.1, -0.05) is 282 Å². The zero-order valence-corrected chi connectivity index (χ0v) is 74.1. The fourth-order valence-corrected chi connectivity index (χ4v) is 17.9. The van der Waals surface area contributed by atoms with E-state index in [1.807, 2.05) is 47.8 Å². The number of ether oxygens (including phenoxy) is 8. The number of unbranched alkanes of at least 4 members (excludes halogenated alkanes) is 32. The zero-order chi connectivity index (χ0) is 76.9. The summed E-state index contributed by atoms with van der Waals surface area (Å²) >= 11 is 43.4. The minimum Gasteiger partial charge on any atom is -0.457 e. The first-order valence-corrected chi connectivity index (χ1v) is 45.5. The second-order valence-corrected chi connectivity index (χ2v) is 35.9. The van der Waals surface area contributed by atoms with Crippen LogP contribution in [-0.2, 0) is 77.5 Å². The SMILES string of the molecule is CCCCCCCCCCCc1c2c3c(CN(C)C(=S)S)c4c1Cc1c(CCCCCCCCCCC)c5c(c(CN(C)C(=S)S)c1OCO4)OCOc1c(c(CCCCCCCCCCC)c4c(c1CN(C)C(=S)S)OCOc1c(c(CCCCCCCCCCC)c(c(c1CN(C)C(=S)S)OCO3)C2)C4)C5. The fourth-order valence-electron chi connectivity index (χ4n) is 17.3. The van der Waals surface area contributed by atoms with E-state index in [4.69, 9.17) is 137 Å². The summed E-state index contributed by atoms with van der Waals surface area (Å²) in [7, 11) is 8.07. The Balaban J connectivity index is 1.42. The lowest BCUT2D eigenvalue weighted by Crippen LogP contribution is -2.29. The molecular weight excluding hydrogens is 1500 g/mol. The summed E-state index contributed by atoms with van der Waals surface area (Å²) < 4.78 is 61.1. The molecule has 0 fully saturated rings. The molecule has 8 bridgehead atoms. The maximum Gasteiger partial charge on any atom is 0.230 e. The van der Waals surface area contributed by atoms with E-state index in [0.717, 1.165) is 190 Å². The lowest BCUT2D eigenvalue weighted by atomic mass is 9.77. The van der Waals surface area contributed by atoms with E-state index < -0.39 is 0 Å². The average Bonchev–Trinajstić information content (AvgIpc) is 0.720. The van der Waals surface area contributed by atoms with Crippen LogP contribution in [0, 0.1) is 0 Å². The van der Waals surface area contributed by atoms with E-state index in [2.05, 4.69) is 27.7 Å². The van der Waals surface area contributed by atoms with Crippen LogP contribution in [0.5, 0.6) is 46.0 Å². The summed E-state index contributed by atoms with van der Waals surface area (Å²) in [5, 5.41) is 0. The van der Waals surface area contributed by atoms with Crippen LogP contribution in [0.1, 0.15) is 348 Å². The molecule has 4 heterocycles. The Hall–Kier alpha value is -3.76. The summed E-state index contributed by atoms with van der Waals surface area (Å²) in [4.78, 5) is 8.10. The molecule has 9 rings (SSSR count). The Morgan fingerprint density at radius 1 is 0.231 bits per heavy atom. The van der Waals surface area contributed by atoms with Gasteiger partial charge in [-0.05, 0) is 73.6 Å². The number of nitrogens with zero attached hydrogens (tertiary/aromatic N) is 4. The summed E-state index contributed by atoms with van der Waals surface area (Å²) in [5.74, 6) is 6.20. The standard InChI is InChI=1S/C88H132N4O8S8/c1-9-13-17-21-25-29-33-37-41-45-61-65-49-67-62(46-42-38-34-30-26-22-18-14-10-2)69-51-71-64(48-44-40-36-32-28-24-20-16-12-4)72-52-70-63(47-43-39-35-31-27-23-19-15-11-3)68-50-66(61)78-73(53-89(5)85(101)102)77(65)93-57-95-79(67)74(54-90(6)86(103)104)81(69)97-59-99-83(71)76(56-92(8)88(107)108)84(72)100-60-98-82(70)75(55-91(7)87(105)106)80(68)96-58-94-78/h9-60H2,1-8H3,(H,101,102)(H,103,104)(H,105,106)(H,107,108). The van der Waals surface area contributed by atoms with Crippen molar-refractivity contribution in [3.63, 3.8) is 0 Å². The summed E-state index contributed by atoms with van der Waals surface area (Å²) in [6.07, 6.45) is 49.0. The molecule has 0 saturated heterocycles. The van der Waals surface area contributed by atoms with Gasteiger partial charge in [0, 0.05) is 98.4 Å². The van der Waals surface area contributed by atoms with Gasteiger partial charge in [0.1, 0.15) is 63.3 Å². The zero-order valence-electron chi connectivity index (χ0n) is 67.2. The molecule has 0 atom stereocenters. The van der Waals surface area contributed by atoms with Crippen LogP contribution in [0.15, 0.2) is 0 Å². The van der Waals surface area contributed by atoms with Gasteiger partial charge in [0.25, 0.3) is 0 Å². The van der Waals surface area contributed by atoms with Gasteiger partial charge in [0.15, 0.2) is 0 Å². The highest BCUT2D eigenvalue weighted by atomic mass is 32.1. The highest BCUT2D eigenvalue weighted by molar-refractivity contribution is 8.11. The van der Waals surface area contributed by atoms with Crippen LogP contribution in [0.4, 0.5) is 0 Å². The number of rotatable bonds is 48. The molecule has 0 saturated carbocycles. The van der Waals surface area contributed by atoms with Crippen molar-refractivity contribution in [3.8, 4) is 46.0 Å². The highest BCUT2D eigenvalue weighted by Crippen LogP contribution is 2.55. The first kappa shape index (κ1) is 88.2. The lowest BCUT2D eigenvalue weighted by Gasteiger charge is -2.37. The van der Waals surface area contributed by atoms with Gasteiger partial charge in [-0.15, -0.1) is 50.5 Å². The molecular formula is C88H132N4O8S8. The minimum absolute atomic E-state index is 0.0763. The van der Waals surface area contributed by atoms with Crippen molar-refractivity contribution in [1.29, 1.82) is 0 Å². The molecule has 0 N–H and O–H groups in total. The van der Waals surface area contributed by atoms with Crippen molar-refractivity contribution in [2.75, 3.05) is 55.4 Å². The van der Waals surface area contributed by atoms with Crippen LogP contribution in [0.25, 0.3) is 0 Å². The van der Waals surface area contributed by atoms with Crippen molar-refractivity contribution < 1.29 is 37.9 Å². The Kier molecular flexibility index (Phi) is 38.0. The predicted octanol–water partition coefficient (Wildman–Crippen LogP) is 24.2. The average molecular weight is 1630 g/mol. The Morgan fingerprint density at radius 2 is 0.370 bits per heavy atom. The molecule has 12 nitrogen and oxygen atoms in total. The summed E-state index contributed by atoms with van der Waals surface area (Å²) in [6, 6.07) is 0. The molecule has 4 aromatic carbocycles. The minimum atomic E-state index is -0.0763. The van der Waals surface area contributed by atoms with Gasteiger partial charge in [-0.3, -0.25) is 0 Å². The maximum absolute atomic E-state index is 7.41. The van der Waals surface area contributed by atoms with Crippen LogP contribution >= 0.6 is 99.4 Å². The van der Waals surface area contributed by atoms with Crippen molar-refractivity contribution in [2.45, 2.75) is 336 Å². The predicted molar refractivity (Wildman–Crippen MR) is 477 cm³/mol. The molecule has 5 aliphatic rings. The molecule has 0 spiro atoms. The second kappa shape index (κ2) is 46.6. The quantitative estimate of drug-likeness (QED) is 0.0169. The molecule has 4 aliphatic heterocycles. The second-order valence-electron chi connectivity index (χ2n) is 31.5. The number of benzene rings is 4. The van der Waals surface area contributed by atoms with Gasteiger partial charge in [-0.2, -0.15) is 0 Å². The normalized spacial score (nSPS) is 13.6. The third kappa shape index (κ3) is 24.2. The number of thiol groups is 4. The van der Waals surface area contributed by atoms with E-state index in [9.17, 15) is 0 Å². The van der Waals surface area contributed by atoms with Crippen molar-refractivity contribution >= 4 is 117 Å². The lowest BCUT2D eigenvalue weighted by molar-refractivity contribution is 0.0943. The van der Waals surface area contributed by atoms with Gasteiger partial charge in [0.05, 0.1) is 48.4 Å². The number of hydrogen-bond donors (Lipinski definition) is 4. The highest BCUT2D eigenvalue weighted by Gasteiger charge is 2.40. The third-order valence-electron chi connectivity index (χ3n) is 23.3. The molecule has 0 radical (unpaired) electrons. The van der Waals surface area contributed by atoms with Crippen LogP contribution < -0.4 is 37.9 Å². The van der Waals surface area contributed by atoms with E-state index in [1.54, 1.807) is 0 Å². The van der Waals surface area contributed by atoms with Gasteiger partial charge >= 0.3 is 0 Å². The Labute approximate surface area is 695 Å². The molecule has 1 aliphatic carbocycles. The molecule has 20 heteroatoms. The van der Waals surface area contributed by atoms with E-state index in [1.165, 1.54) is 202 Å². The molecule has 4 aromatic rings.